The van der Waals surface area contributed by atoms with Crippen LogP contribution in [-0.2, 0) is 6.42 Å². The molecule has 0 aliphatic carbocycles. The van der Waals surface area contributed by atoms with E-state index in [1.807, 2.05) is 12.1 Å². The van der Waals surface area contributed by atoms with Gasteiger partial charge in [0.2, 0.25) is 0 Å². The van der Waals surface area contributed by atoms with Crippen LogP contribution >= 0.6 is 11.6 Å². The molecule has 0 bridgehead atoms. The third-order valence-electron chi connectivity index (χ3n) is 1.60. The van der Waals surface area contributed by atoms with Crippen molar-refractivity contribution in [3.8, 4) is 0 Å². The molecular weight excluding hydrogens is 176 g/mol. The molecule has 0 aliphatic heterocycles. The van der Waals surface area contributed by atoms with Crippen LogP contribution in [0, 0.1) is 0 Å². The highest BCUT2D eigenvalue weighted by atomic mass is 35.5. The van der Waals surface area contributed by atoms with Crippen LogP contribution in [0.15, 0.2) is 24.3 Å². The van der Waals surface area contributed by atoms with Crippen molar-refractivity contribution in [1.29, 1.82) is 0 Å². The monoisotopic (exact) mass is 186 g/mol. The average molecular weight is 187 g/mol. The van der Waals surface area contributed by atoms with Gasteiger partial charge in [0.1, 0.15) is 0 Å². The maximum absolute atomic E-state index is 9.10. The molecule has 0 saturated heterocycles. The molecule has 66 valence electrons. The summed E-state index contributed by atoms with van der Waals surface area (Å²) in [5, 5.41) is 18.4. The molecule has 1 atom stereocenters. The molecule has 0 spiro atoms. The molecule has 2 nitrogen and oxygen atoms in total. The molecule has 2 N–H and O–H groups in total. The molecule has 1 rings (SSSR count). The standard InChI is InChI=1S/C9H11ClO2/c10-8-3-1-7(2-4-8)5-9(12)6-11/h1-4,9,11-12H,5-6H2. The Hall–Kier alpha value is -0.570. The highest BCUT2D eigenvalue weighted by Crippen LogP contribution is 2.10. The number of halogens is 1. The van der Waals surface area contributed by atoms with Gasteiger partial charge < -0.3 is 10.2 Å². The Morgan fingerprint density at radius 2 is 1.83 bits per heavy atom. The van der Waals surface area contributed by atoms with Crippen LogP contribution < -0.4 is 0 Å². The molecule has 0 amide bonds. The van der Waals surface area contributed by atoms with Crippen LogP contribution in [-0.4, -0.2) is 22.9 Å². The van der Waals surface area contributed by atoms with Crippen molar-refractivity contribution in [2.75, 3.05) is 6.61 Å². The van der Waals surface area contributed by atoms with Gasteiger partial charge in [-0.15, -0.1) is 0 Å². The minimum Gasteiger partial charge on any atom is -0.394 e. The van der Waals surface area contributed by atoms with Crippen LogP contribution in [0.1, 0.15) is 5.56 Å². The van der Waals surface area contributed by atoms with Crippen molar-refractivity contribution in [2.24, 2.45) is 0 Å². The van der Waals surface area contributed by atoms with Crippen molar-refractivity contribution in [1.82, 2.24) is 0 Å². The van der Waals surface area contributed by atoms with E-state index in [9.17, 15) is 0 Å². The minimum atomic E-state index is -0.675. The number of hydrogen-bond acceptors (Lipinski definition) is 2. The van der Waals surface area contributed by atoms with Gasteiger partial charge in [0, 0.05) is 11.4 Å². The number of hydrogen-bond donors (Lipinski definition) is 2. The van der Waals surface area contributed by atoms with Crippen LogP contribution in [0.5, 0.6) is 0 Å². The van der Waals surface area contributed by atoms with Gasteiger partial charge in [-0.3, -0.25) is 0 Å². The summed E-state index contributed by atoms with van der Waals surface area (Å²) in [4.78, 5) is 0. The second-order valence-corrected chi connectivity index (χ2v) is 3.10. The van der Waals surface area contributed by atoms with Gasteiger partial charge in [-0.05, 0) is 17.7 Å². The predicted molar refractivity (Wildman–Crippen MR) is 48.2 cm³/mol. The van der Waals surface area contributed by atoms with Gasteiger partial charge in [-0.25, -0.2) is 0 Å². The lowest BCUT2D eigenvalue weighted by Gasteiger charge is -2.06. The number of benzene rings is 1. The summed E-state index contributed by atoms with van der Waals surface area (Å²) in [5.74, 6) is 0. The molecule has 1 aromatic carbocycles. The Balaban J connectivity index is 2.58. The normalized spacial score (nSPS) is 12.9. The summed E-state index contributed by atoms with van der Waals surface area (Å²) in [6, 6.07) is 7.20. The lowest BCUT2D eigenvalue weighted by atomic mass is 10.1. The predicted octanol–water partition coefficient (Wildman–Crippen LogP) is 1.24. The zero-order chi connectivity index (χ0) is 8.97. The number of aliphatic hydroxyl groups excluding tert-OH is 2. The van der Waals surface area contributed by atoms with E-state index in [-0.39, 0.29) is 6.61 Å². The Morgan fingerprint density at radius 3 is 2.33 bits per heavy atom. The van der Waals surface area contributed by atoms with E-state index in [2.05, 4.69) is 0 Å². The van der Waals surface area contributed by atoms with Crippen LogP contribution in [0.2, 0.25) is 5.02 Å². The lowest BCUT2D eigenvalue weighted by Crippen LogP contribution is -2.14. The van der Waals surface area contributed by atoms with Crippen LogP contribution in [0.3, 0.4) is 0 Å². The van der Waals surface area contributed by atoms with E-state index in [0.717, 1.165) is 5.56 Å². The molecule has 0 heterocycles. The zero-order valence-electron chi connectivity index (χ0n) is 6.57. The van der Waals surface area contributed by atoms with Crippen LogP contribution in [0.4, 0.5) is 0 Å². The van der Waals surface area contributed by atoms with Crippen molar-refractivity contribution < 1.29 is 10.2 Å². The van der Waals surface area contributed by atoms with Crippen molar-refractivity contribution in [3.63, 3.8) is 0 Å². The van der Waals surface area contributed by atoms with E-state index in [1.54, 1.807) is 12.1 Å². The minimum absolute atomic E-state index is 0.206. The molecule has 3 heteroatoms. The topological polar surface area (TPSA) is 40.5 Å². The molecule has 0 radical (unpaired) electrons. The molecule has 0 saturated carbocycles. The molecule has 12 heavy (non-hydrogen) atoms. The lowest BCUT2D eigenvalue weighted by molar-refractivity contribution is 0.0955. The Morgan fingerprint density at radius 1 is 1.25 bits per heavy atom. The highest BCUT2D eigenvalue weighted by molar-refractivity contribution is 6.30. The summed E-state index contributed by atoms with van der Waals surface area (Å²) in [6.45, 7) is -0.206. The van der Waals surface area contributed by atoms with E-state index < -0.39 is 6.10 Å². The molecule has 0 aromatic heterocycles. The largest absolute Gasteiger partial charge is 0.394 e. The maximum atomic E-state index is 9.10. The second kappa shape index (κ2) is 4.45. The van der Waals surface area contributed by atoms with E-state index >= 15 is 0 Å². The Bertz CT molecular complexity index is 233. The molecule has 0 fully saturated rings. The first-order chi connectivity index (χ1) is 5.72. The van der Waals surface area contributed by atoms with E-state index in [0.29, 0.717) is 11.4 Å². The van der Waals surface area contributed by atoms with Crippen molar-refractivity contribution >= 4 is 11.6 Å². The summed E-state index contributed by atoms with van der Waals surface area (Å²) >= 11 is 5.67. The molecule has 1 aromatic rings. The quantitative estimate of drug-likeness (QED) is 0.746. The maximum Gasteiger partial charge on any atom is 0.0811 e. The van der Waals surface area contributed by atoms with Crippen molar-refractivity contribution in [2.45, 2.75) is 12.5 Å². The number of aliphatic hydroxyl groups is 2. The van der Waals surface area contributed by atoms with Gasteiger partial charge in [-0.1, -0.05) is 23.7 Å². The smallest absolute Gasteiger partial charge is 0.0811 e. The third-order valence-corrected chi connectivity index (χ3v) is 1.85. The van der Waals surface area contributed by atoms with Gasteiger partial charge >= 0.3 is 0 Å². The van der Waals surface area contributed by atoms with Gasteiger partial charge in [0.15, 0.2) is 0 Å². The van der Waals surface area contributed by atoms with Crippen LogP contribution in [0.25, 0.3) is 0 Å². The third kappa shape index (κ3) is 2.81. The van der Waals surface area contributed by atoms with Crippen molar-refractivity contribution in [3.05, 3.63) is 34.9 Å². The molecular formula is C9H11ClO2. The fourth-order valence-electron chi connectivity index (χ4n) is 0.957. The average Bonchev–Trinajstić information content (AvgIpc) is 2.09. The first-order valence-electron chi connectivity index (χ1n) is 3.75. The fourth-order valence-corrected chi connectivity index (χ4v) is 1.08. The fraction of sp³-hybridized carbons (Fsp3) is 0.333. The summed E-state index contributed by atoms with van der Waals surface area (Å²) in [7, 11) is 0. The van der Waals surface area contributed by atoms with E-state index in [4.69, 9.17) is 21.8 Å². The summed E-state index contributed by atoms with van der Waals surface area (Å²) in [6.07, 6.45) is -0.209. The first kappa shape index (κ1) is 9.52. The van der Waals surface area contributed by atoms with Gasteiger partial charge in [-0.2, -0.15) is 0 Å². The second-order valence-electron chi connectivity index (χ2n) is 2.67. The summed E-state index contributed by atoms with van der Waals surface area (Å²) in [5.41, 5.74) is 0.973. The molecule has 1 unspecified atom stereocenters. The zero-order valence-corrected chi connectivity index (χ0v) is 7.33. The van der Waals surface area contributed by atoms with E-state index in [1.165, 1.54) is 0 Å². The first-order valence-corrected chi connectivity index (χ1v) is 4.13. The Kier molecular flexibility index (Phi) is 3.53. The Labute approximate surface area is 76.4 Å². The highest BCUT2D eigenvalue weighted by Gasteiger charge is 2.02. The van der Waals surface area contributed by atoms with Gasteiger partial charge in [0.05, 0.1) is 12.7 Å². The number of rotatable bonds is 3. The SMILES string of the molecule is OCC(O)Cc1ccc(Cl)cc1. The summed E-state index contributed by atoms with van der Waals surface area (Å²) < 4.78 is 0. The molecule has 0 aliphatic rings. The van der Waals surface area contributed by atoms with Gasteiger partial charge in [0.25, 0.3) is 0 Å².